The standard InChI is InChI=1S/C68H69N4O.Pt/c1-64(2,3)50-36-37-69-61(42-50)72-59-35-32-52(68(12,13)49-28-21-16-22-29-49)41-58(59)57-34-33-55(44-60(57)72)73-56-39-47(46-24-17-14-18-25-46)38-54(43-56)71-45-70(62(65(4,5)6)63(71)66(7,8)9)53-31-23-30-51(40-53)67(10,11)48-26-19-15-20-27-48;/h14-42,45H,1-13H3;/q-3;. The largest absolute Gasteiger partial charge is 0.509 e. The van der Waals surface area contributed by atoms with Gasteiger partial charge in [-0.15, -0.1) is 53.6 Å². The summed E-state index contributed by atoms with van der Waals surface area (Å²) in [5.74, 6) is 2.03. The van der Waals surface area contributed by atoms with E-state index in [-0.39, 0.29) is 48.1 Å². The van der Waals surface area contributed by atoms with Gasteiger partial charge in [-0.25, -0.2) is 4.98 Å². The summed E-state index contributed by atoms with van der Waals surface area (Å²) in [6, 6.07) is 68.6. The van der Waals surface area contributed by atoms with Crippen LogP contribution in [0, 0.1) is 29.6 Å². The number of aromatic nitrogens is 2. The molecular formula is C68H69N4OPt-3. The summed E-state index contributed by atoms with van der Waals surface area (Å²) in [6.45, 7) is 32.1. The maximum absolute atomic E-state index is 7.06. The number of rotatable bonds is 10. The summed E-state index contributed by atoms with van der Waals surface area (Å²) in [5.41, 5.74) is 13.8. The third-order valence-corrected chi connectivity index (χ3v) is 14.8. The van der Waals surface area contributed by atoms with Crippen LogP contribution in [0.4, 0.5) is 11.4 Å². The van der Waals surface area contributed by atoms with Crippen molar-refractivity contribution >= 4 is 33.2 Å². The summed E-state index contributed by atoms with van der Waals surface area (Å²) in [5, 5.41) is 2.22. The average molecular weight is 1150 g/mol. The molecule has 5 nitrogen and oxygen atoms in total. The van der Waals surface area contributed by atoms with Gasteiger partial charge < -0.3 is 19.1 Å². The second kappa shape index (κ2) is 19.5. The van der Waals surface area contributed by atoms with Gasteiger partial charge in [0, 0.05) is 83.0 Å². The molecular weight excluding hydrogens is 1080 g/mol. The molecule has 1 aliphatic rings. The molecule has 0 fully saturated rings. The van der Waals surface area contributed by atoms with Crippen LogP contribution in [0.25, 0.3) is 38.8 Å². The quantitative estimate of drug-likeness (QED) is 0.128. The van der Waals surface area contributed by atoms with E-state index in [4.69, 9.17) is 9.72 Å². The van der Waals surface area contributed by atoms with Gasteiger partial charge in [0.05, 0.1) is 0 Å². The van der Waals surface area contributed by atoms with Crippen molar-refractivity contribution in [2.24, 2.45) is 10.8 Å². The number of hydrogen-bond acceptors (Lipinski definition) is 4. The minimum atomic E-state index is -0.257. The Morgan fingerprint density at radius 1 is 0.446 bits per heavy atom. The SMILES string of the molecule is CC(C)(C)C1=C(C(C)(C)C)N(c2cccc(C(C)(C)c3ccccc3)c2)[CH-]N1c1[c-]c(Oc2[c-]c3c(cc2)c2cc(C(C)(C)c4ccccc4)ccc2n3-c2cc(C(C)(C)C)ccn2)cc(-c2ccccc2)c1.[Pt]. The van der Waals surface area contributed by atoms with Crippen molar-refractivity contribution in [1.29, 1.82) is 0 Å². The maximum Gasteiger partial charge on any atom is 0.135 e. The molecule has 10 rings (SSSR count). The van der Waals surface area contributed by atoms with Gasteiger partial charge in [0.15, 0.2) is 0 Å². The molecule has 2 aromatic heterocycles. The van der Waals surface area contributed by atoms with Gasteiger partial charge in [0.2, 0.25) is 0 Å². The van der Waals surface area contributed by atoms with Crippen LogP contribution in [0.15, 0.2) is 187 Å². The molecule has 7 aromatic carbocycles. The van der Waals surface area contributed by atoms with Gasteiger partial charge in [0.25, 0.3) is 0 Å². The van der Waals surface area contributed by atoms with E-state index in [0.29, 0.717) is 11.5 Å². The number of allylic oxidation sites excluding steroid dienone is 2. The van der Waals surface area contributed by atoms with Crippen LogP contribution < -0.4 is 14.5 Å². The van der Waals surface area contributed by atoms with E-state index < -0.39 is 0 Å². The molecule has 3 heterocycles. The normalized spacial score (nSPS) is 13.7. The summed E-state index contributed by atoms with van der Waals surface area (Å²) < 4.78 is 9.31. The Hall–Kier alpha value is -6.68. The molecule has 0 amide bonds. The summed E-state index contributed by atoms with van der Waals surface area (Å²) in [4.78, 5) is 9.77. The Kier molecular flexibility index (Phi) is 13.8. The Bertz CT molecular complexity index is 3510. The molecule has 0 saturated carbocycles. The first-order chi connectivity index (χ1) is 34.6. The summed E-state index contributed by atoms with van der Waals surface area (Å²) >= 11 is 0. The van der Waals surface area contributed by atoms with E-state index in [0.717, 1.165) is 50.1 Å². The van der Waals surface area contributed by atoms with Crippen LogP contribution >= 0.6 is 0 Å². The molecule has 9 aromatic rings. The molecule has 6 heteroatoms. The number of pyridine rings is 1. The van der Waals surface area contributed by atoms with Crippen molar-refractivity contribution in [2.45, 2.75) is 106 Å². The third-order valence-electron chi connectivity index (χ3n) is 14.8. The summed E-state index contributed by atoms with van der Waals surface area (Å²) in [7, 11) is 0. The third kappa shape index (κ3) is 9.89. The average Bonchev–Trinajstić information content (AvgIpc) is 3.95. The Balaban J connectivity index is 0.00000672. The number of nitrogens with zero attached hydrogens (tertiary/aromatic N) is 4. The van der Waals surface area contributed by atoms with Crippen LogP contribution in [-0.4, -0.2) is 9.55 Å². The molecule has 0 saturated heterocycles. The zero-order valence-corrected chi connectivity index (χ0v) is 47.6. The number of fused-ring (bicyclic) bond motifs is 3. The molecule has 0 unspecified atom stereocenters. The Labute approximate surface area is 455 Å². The number of anilines is 2. The monoisotopic (exact) mass is 1150 g/mol. The van der Waals surface area contributed by atoms with E-state index >= 15 is 0 Å². The molecule has 1 aliphatic heterocycles. The molecule has 0 spiro atoms. The van der Waals surface area contributed by atoms with E-state index in [2.05, 4.69) is 293 Å². The van der Waals surface area contributed by atoms with Crippen LogP contribution in [-0.2, 0) is 37.3 Å². The van der Waals surface area contributed by atoms with Gasteiger partial charge in [0.1, 0.15) is 5.82 Å². The number of ether oxygens (including phenoxy) is 1. The first-order valence-electron chi connectivity index (χ1n) is 25.8. The van der Waals surface area contributed by atoms with Crippen LogP contribution in [0.5, 0.6) is 11.5 Å². The zero-order valence-electron chi connectivity index (χ0n) is 45.3. The second-order valence-electron chi connectivity index (χ2n) is 24.0. The summed E-state index contributed by atoms with van der Waals surface area (Å²) in [6.07, 6.45) is 1.93. The van der Waals surface area contributed by atoms with Crippen LogP contribution in [0.2, 0.25) is 0 Å². The number of benzene rings is 7. The minimum absolute atomic E-state index is 0. The smallest absolute Gasteiger partial charge is 0.135 e. The minimum Gasteiger partial charge on any atom is -0.509 e. The van der Waals surface area contributed by atoms with Crippen LogP contribution in [0.3, 0.4) is 0 Å². The van der Waals surface area contributed by atoms with Gasteiger partial charge >= 0.3 is 0 Å². The zero-order chi connectivity index (χ0) is 51.7. The van der Waals surface area contributed by atoms with Gasteiger partial charge in [-0.1, -0.05) is 211 Å². The molecule has 380 valence electrons. The number of hydrogen-bond donors (Lipinski definition) is 0. The van der Waals surface area contributed by atoms with Crippen molar-refractivity contribution < 1.29 is 25.8 Å². The van der Waals surface area contributed by atoms with Gasteiger partial charge in [-0.05, 0) is 74.5 Å². The van der Waals surface area contributed by atoms with Crippen molar-refractivity contribution in [3.05, 3.63) is 234 Å². The first-order valence-corrected chi connectivity index (χ1v) is 25.8. The van der Waals surface area contributed by atoms with Gasteiger partial charge in [-0.2, -0.15) is 6.07 Å². The molecule has 0 radical (unpaired) electrons. The van der Waals surface area contributed by atoms with Crippen molar-refractivity contribution in [2.75, 3.05) is 9.80 Å². The molecule has 0 aliphatic carbocycles. The topological polar surface area (TPSA) is 33.5 Å². The predicted octanol–water partition coefficient (Wildman–Crippen LogP) is 17.9. The van der Waals surface area contributed by atoms with Crippen LogP contribution in [0.1, 0.15) is 118 Å². The van der Waals surface area contributed by atoms with E-state index in [9.17, 15) is 0 Å². The van der Waals surface area contributed by atoms with E-state index in [1.165, 1.54) is 39.2 Å². The fraction of sp³-hybridized carbons (Fsp3) is 0.265. The molecule has 0 atom stereocenters. The Morgan fingerprint density at radius 3 is 1.64 bits per heavy atom. The van der Waals surface area contributed by atoms with E-state index in [1.54, 1.807) is 0 Å². The fourth-order valence-electron chi connectivity index (χ4n) is 10.6. The molecule has 0 N–H and O–H groups in total. The van der Waals surface area contributed by atoms with Gasteiger partial charge in [-0.3, -0.25) is 0 Å². The molecule has 74 heavy (non-hydrogen) atoms. The first kappa shape index (κ1) is 52.2. The fourth-order valence-corrected chi connectivity index (χ4v) is 10.6. The maximum atomic E-state index is 7.06. The second-order valence-corrected chi connectivity index (χ2v) is 24.0. The van der Waals surface area contributed by atoms with Crippen molar-refractivity contribution in [3.8, 4) is 28.4 Å². The Morgan fingerprint density at radius 2 is 1.03 bits per heavy atom. The van der Waals surface area contributed by atoms with Crippen molar-refractivity contribution in [1.82, 2.24) is 9.55 Å². The van der Waals surface area contributed by atoms with Crippen molar-refractivity contribution in [3.63, 3.8) is 0 Å². The molecule has 0 bridgehead atoms. The predicted molar refractivity (Wildman–Crippen MR) is 306 cm³/mol. The van der Waals surface area contributed by atoms with E-state index in [1.807, 2.05) is 6.20 Å².